The van der Waals surface area contributed by atoms with Crippen LogP contribution in [0.2, 0.25) is 5.02 Å². The van der Waals surface area contributed by atoms with Crippen LogP contribution in [0, 0.1) is 0 Å². The van der Waals surface area contributed by atoms with Gasteiger partial charge >= 0.3 is 6.03 Å². The van der Waals surface area contributed by atoms with Crippen LogP contribution in [0.4, 0.5) is 10.5 Å². The Balaban J connectivity index is 1.98. The highest BCUT2D eigenvalue weighted by Crippen LogP contribution is 2.48. The van der Waals surface area contributed by atoms with Crippen molar-refractivity contribution >= 4 is 34.4 Å². The molecule has 0 radical (unpaired) electrons. The van der Waals surface area contributed by atoms with Gasteiger partial charge in [-0.05, 0) is 18.9 Å². The topological polar surface area (TPSA) is 87.4 Å². The highest BCUT2D eigenvalue weighted by Gasteiger charge is 2.43. The average Bonchev–Trinajstić information content (AvgIpc) is 2.90. The third-order valence-corrected chi connectivity index (χ3v) is 5.08. The highest BCUT2D eigenvalue weighted by molar-refractivity contribution is 6.35. The molecule has 1 aromatic carbocycles. The van der Waals surface area contributed by atoms with Crippen molar-refractivity contribution in [2.75, 3.05) is 11.9 Å². The van der Waals surface area contributed by atoms with Crippen LogP contribution < -0.4 is 10.6 Å². The minimum absolute atomic E-state index is 0.0249. The van der Waals surface area contributed by atoms with Crippen molar-refractivity contribution < 1.29 is 14.3 Å². The first-order valence-corrected chi connectivity index (χ1v) is 8.33. The number of nitrogens with zero attached hydrogens (tertiary/aromatic N) is 1. The first-order chi connectivity index (χ1) is 11.1. The molecule has 2 aliphatic rings. The van der Waals surface area contributed by atoms with Crippen molar-refractivity contribution in [2.45, 2.75) is 44.1 Å². The fourth-order valence-electron chi connectivity index (χ4n) is 3.82. The number of hydrogen-bond acceptors (Lipinski definition) is 4. The van der Waals surface area contributed by atoms with E-state index in [2.05, 4.69) is 15.6 Å². The molecule has 122 valence electrons. The lowest BCUT2D eigenvalue weighted by Crippen LogP contribution is -2.52. The van der Waals surface area contributed by atoms with Gasteiger partial charge in [-0.1, -0.05) is 30.9 Å². The Morgan fingerprint density at radius 3 is 2.87 bits per heavy atom. The van der Waals surface area contributed by atoms with Gasteiger partial charge in [-0.25, -0.2) is 9.78 Å². The molecule has 3 N–H and O–H groups in total. The molecule has 0 unspecified atom stereocenters. The van der Waals surface area contributed by atoms with Crippen molar-refractivity contribution in [3.05, 3.63) is 22.5 Å². The standard InChI is InChI=1S/C16H18ClN3O3/c17-9-8-10-14(23-11(18-10)4-7-21)12-13(9)19-15(22)20-16(12)5-2-1-3-6-16/h8,21H,1-7H2,(H2,19,20,22). The summed E-state index contributed by atoms with van der Waals surface area (Å²) < 4.78 is 5.90. The molecule has 0 bridgehead atoms. The van der Waals surface area contributed by atoms with Crippen LogP contribution >= 0.6 is 11.6 Å². The number of rotatable bonds is 2. The molecule has 4 rings (SSSR count). The van der Waals surface area contributed by atoms with Gasteiger partial charge in [-0.2, -0.15) is 0 Å². The smallest absolute Gasteiger partial charge is 0.319 e. The molecule has 23 heavy (non-hydrogen) atoms. The maximum atomic E-state index is 12.1. The Kier molecular flexibility index (Phi) is 3.46. The maximum absolute atomic E-state index is 12.1. The molecular weight excluding hydrogens is 318 g/mol. The summed E-state index contributed by atoms with van der Waals surface area (Å²) in [6.45, 7) is -0.0249. The van der Waals surface area contributed by atoms with Crippen LogP contribution in [0.1, 0.15) is 43.6 Å². The molecule has 0 saturated heterocycles. The van der Waals surface area contributed by atoms with Crippen LogP contribution in [0.5, 0.6) is 0 Å². The van der Waals surface area contributed by atoms with E-state index < -0.39 is 5.54 Å². The van der Waals surface area contributed by atoms with E-state index in [9.17, 15) is 4.79 Å². The van der Waals surface area contributed by atoms with Crippen LogP contribution in [-0.4, -0.2) is 22.7 Å². The maximum Gasteiger partial charge on any atom is 0.319 e. The Labute approximate surface area is 138 Å². The zero-order chi connectivity index (χ0) is 16.0. The number of aliphatic hydroxyl groups excluding tert-OH is 1. The fraction of sp³-hybridized carbons (Fsp3) is 0.500. The first-order valence-electron chi connectivity index (χ1n) is 7.95. The number of urea groups is 1. The molecule has 1 saturated carbocycles. The Morgan fingerprint density at radius 2 is 2.13 bits per heavy atom. The molecule has 2 aromatic rings. The summed E-state index contributed by atoms with van der Waals surface area (Å²) in [4.78, 5) is 16.6. The van der Waals surface area contributed by atoms with Gasteiger partial charge < -0.3 is 20.2 Å². The van der Waals surface area contributed by atoms with E-state index in [1.165, 1.54) is 0 Å². The van der Waals surface area contributed by atoms with Gasteiger partial charge in [0.2, 0.25) is 0 Å². The third kappa shape index (κ3) is 2.28. The van der Waals surface area contributed by atoms with E-state index in [1.54, 1.807) is 6.07 Å². The lowest BCUT2D eigenvalue weighted by Gasteiger charge is -2.42. The van der Waals surface area contributed by atoms with Crippen molar-refractivity contribution in [3.8, 4) is 0 Å². The molecule has 0 atom stereocenters. The first kappa shape index (κ1) is 14.8. The molecule has 7 heteroatoms. The van der Waals surface area contributed by atoms with Gasteiger partial charge in [0.05, 0.1) is 22.9 Å². The SMILES string of the molecule is O=C1Nc2c(Cl)cc3nc(CCO)oc3c2C2(CCCCC2)N1. The third-order valence-electron chi connectivity index (χ3n) is 4.78. The predicted molar refractivity (Wildman–Crippen MR) is 86.7 cm³/mol. The van der Waals surface area contributed by atoms with Crippen molar-refractivity contribution in [1.29, 1.82) is 0 Å². The van der Waals surface area contributed by atoms with Crippen molar-refractivity contribution in [2.24, 2.45) is 0 Å². The lowest BCUT2D eigenvalue weighted by atomic mass is 9.74. The molecule has 1 fully saturated rings. The van der Waals surface area contributed by atoms with Gasteiger partial charge in [0.25, 0.3) is 0 Å². The van der Waals surface area contributed by atoms with E-state index in [0.717, 1.165) is 37.7 Å². The summed E-state index contributed by atoms with van der Waals surface area (Å²) in [6, 6.07) is 1.48. The summed E-state index contributed by atoms with van der Waals surface area (Å²) in [5.74, 6) is 0.481. The van der Waals surface area contributed by atoms with E-state index >= 15 is 0 Å². The van der Waals surface area contributed by atoms with Gasteiger partial charge in [0.1, 0.15) is 5.52 Å². The quantitative estimate of drug-likeness (QED) is 0.785. The van der Waals surface area contributed by atoms with Gasteiger partial charge in [-0.3, -0.25) is 0 Å². The van der Waals surface area contributed by atoms with Crippen LogP contribution in [0.15, 0.2) is 10.5 Å². The van der Waals surface area contributed by atoms with Crippen molar-refractivity contribution in [3.63, 3.8) is 0 Å². The molecule has 1 aliphatic carbocycles. The number of nitrogens with one attached hydrogen (secondary N) is 2. The zero-order valence-electron chi connectivity index (χ0n) is 12.6. The fourth-order valence-corrected chi connectivity index (χ4v) is 4.06. The summed E-state index contributed by atoms with van der Waals surface area (Å²) in [7, 11) is 0. The number of hydrogen-bond donors (Lipinski definition) is 3. The number of aromatic nitrogens is 1. The molecule has 1 spiro atoms. The van der Waals surface area contributed by atoms with E-state index in [-0.39, 0.29) is 12.6 Å². The number of halogens is 1. The molecule has 2 amide bonds. The van der Waals surface area contributed by atoms with E-state index in [4.69, 9.17) is 21.1 Å². The van der Waals surface area contributed by atoms with Crippen LogP contribution in [0.25, 0.3) is 11.1 Å². The average molecular weight is 336 g/mol. The monoisotopic (exact) mass is 335 g/mol. The Hall–Kier alpha value is -1.79. The summed E-state index contributed by atoms with van der Waals surface area (Å²) in [5, 5.41) is 15.5. The Morgan fingerprint density at radius 1 is 1.35 bits per heavy atom. The Bertz CT molecular complexity index is 780. The number of benzene rings is 1. The number of aliphatic hydroxyl groups is 1. The van der Waals surface area contributed by atoms with Gasteiger partial charge in [0.15, 0.2) is 11.5 Å². The number of oxazole rings is 1. The van der Waals surface area contributed by atoms with Gasteiger partial charge in [0, 0.05) is 12.0 Å². The largest absolute Gasteiger partial charge is 0.440 e. The highest BCUT2D eigenvalue weighted by atomic mass is 35.5. The second-order valence-corrected chi connectivity index (χ2v) is 6.67. The zero-order valence-corrected chi connectivity index (χ0v) is 13.4. The summed E-state index contributed by atoms with van der Waals surface area (Å²) in [6.07, 6.45) is 5.33. The second-order valence-electron chi connectivity index (χ2n) is 6.26. The van der Waals surface area contributed by atoms with Gasteiger partial charge in [-0.15, -0.1) is 0 Å². The van der Waals surface area contributed by atoms with Crippen LogP contribution in [0.3, 0.4) is 0 Å². The number of anilines is 1. The molecule has 1 aromatic heterocycles. The normalized spacial score (nSPS) is 19.5. The number of carbonyl (C=O) groups is 1. The van der Waals surface area contributed by atoms with Crippen molar-refractivity contribution in [1.82, 2.24) is 10.3 Å². The number of carbonyl (C=O) groups excluding carboxylic acids is 1. The van der Waals surface area contributed by atoms with E-state index in [0.29, 0.717) is 34.1 Å². The predicted octanol–water partition coefficient (Wildman–Crippen LogP) is 3.31. The second kappa shape index (κ2) is 5.39. The molecule has 2 heterocycles. The van der Waals surface area contributed by atoms with E-state index in [1.807, 2.05) is 0 Å². The summed E-state index contributed by atoms with van der Waals surface area (Å²) in [5.41, 5.74) is 2.39. The van der Waals surface area contributed by atoms with Crippen LogP contribution in [-0.2, 0) is 12.0 Å². The summed E-state index contributed by atoms with van der Waals surface area (Å²) >= 11 is 6.40. The lowest BCUT2D eigenvalue weighted by molar-refractivity contribution is 0.209. The minimum atomic E-state index is -0.449. The molecule has 6 nitrogen and oxygen atoms in total. The number of amides is 2. The molecule has 1 aliphatic heterocycles. The molecular formula is C16H18ClN3O3. The number of fused-ring (bicyclic) bond motifs is 4. The minimum Gasteiger partial charge on any atom is -0.440 e.